The van der Waals surface area contributed by atoms with Crippen LogP contribution in [0.25, 0.3) is 11.1 Å². The third kappa shape index (κ3) is 1.87. The fraction of sp³-hybridized carbons (Fsp3) is 0.143. The highest BCUT2D eigenvalue weighted by molar-refractivity contribution is 7.89. The number of hydrogen-bond donors (Lipinski definition) is 0. The molecule has 0 bridgehead atoms. The zero-order chi connectivity index (χ0) is 11.9. The Morgan fingerprint density at radius 2 is 1.12 bits per heavy atom. The third-order valence-corrected chi connectivity index (χ3v) is 4.58. The lowest BCUT2D eigenvalue weighted by molar-refractivity contribution is 0.595. The second-order valence-corrected chi connectivity index (χ2v) is 6.41. The predicted octanol–water partition coefficient (Wildman–Crippen LogP) is 2.78. The molecule has 0 aliphatic carbocycles. The number of rotatable bonds is 0. The lowest BCUT2D eigenvalue weighted by Gasteiger charge is -2.07. The molecule has 2 aromatic rings. The summed E-state index contributed by atoms with van der Waals surface area (Å²) >= 11 is 0. The first-order valence-corrected chi connectivity index (χ1v) is 7.34. The summed E-state index contributed by atoms with van der Waals surface area (Å²) in [6.45, 7) is 0. The molecule has 17 heavy (non-hydrogen) atoms. The van der Waals surface area contributed by atoms with E-state index in [-0.39, 0.29) is 11.5 Å². The molecule has 1 aliphatic rings. The van der Waals surface area contributed by atoms with E-state index in [1.165, 1.54) is 0 Å². The lowest BCUT2D eigenvalue weighted by atomic mass is 9.97. The summed E-state index contributed by atoms with van der Waals surface area (Å²) < 4.78 is 24.0. The topological polar surface area (TPSA) is 34.1 Å². The van der Waals surface area contributed by atoms with Crippen LogP contribution in [-0.2, 0) is 21.3 Å². The van der Waals surface area contributed by atoms with Crippen LogP contribution >= 0.6 is 0 Å². The van der Waals surface area contributed by atoms with Crippen molar-refractivity contribution in [2.75, 3.05) is 0 Å². The van der Waals surface area contributed by atoms with Crippen molar-refractivity contribution in [3.05, 3.63) is 59.7 Å². The van der Waals surface area contributed by atoms with Crippen LogP contribution in [0.2, 0.25) is 0 Å². The van der Waals surface area contributed by atoms with Crippen LogP contribution in [0.4, 0.5) is 0 Å². The highest BCUT2D eigenvalue weighted by atomic mass is 32.2. The Hall–Kier alpha value is -1.61. The largest absolute Gasteiger partial charge is 0.228 e. The maximum atomic E-state index is 12.0. The van der Waals surface area contributed by atoms with Crippen molar-refractivity contribution in [3.63, 3.8) is 0 Å². The molecule has 0 aromatic heterocycles. The average molecular weight is 244 g/mol. The third-order valence-electron chi connectivity index (χ3n) is 3.08. The van der Waals surface area contributed by atoms with Crippen LogP contribution in [0.3, 0.4) is 0 Å². The fourth-order valence-corrected chi connectivity index (χ4v) is 3.90. The van der Waals surface area contributed by atoms with E-state index in [0.717, 1.165) is 22.3 Å². The number of sulfone groups is 1. The summed E-state index contributed by atoms with van der Waals surface area (Å²) in [5.41, 5.74) is 3.89. The minimum Gasteiger partial charge on any atom is -0.228 e. The van der Waals surface area contributed by atoms with E-state index >= 15 is 0 Å². The van der Waals surface area contributed by atoms with E-state index in [4.69, 9.17) is 0 Å². The zero-order valence-electron chi connectivity index (χ0n) is 9.26. The summed E-state index contributed by atoms with van der Waals surface area (Å²) in [6, 6.07) is 15.5. The second kappa shape index (κ2) is 3.70. The smallest absolute Gasteiger partial charge is 0.158 e. The number of fused-ring (bicyclic) bond motifs is 3. The van der Waals surface area contributed by atoms with Crippen LogP contribution in [0.1, 0.15) is 11.1 Å². The normalized spacial score (nSPS) is 16.7. The van der Waals surface area contributed by atoms with E-state index in [2.05, 4.69) is 0 Å². The van der Waals surface area contributed by atoms with E-state index in [0.29, 0.717) is 0 Å². The summed E-state index contributed by atoms with van der Waals surface area (Å²) in [5.74, 6) is 0.274. The lowest BCUT2D eigenvalue weighted by Crippen LogP contribution is -2.05. The summed E-state index contributed by atoms with van der Waals surface area (Å²) in [4.78, 5) is 0. The molecule has 3 rings (SSSR count). The molecule has 2 aromatic carbocycles. The van der Waals surface area contributed by atoms with Crippen molar-refractivity contribution in [1.82, 2.24) is 0 Å². The van der Waals surface area contributed by atoms with Crippen molar-refractivity contribution in [1.29, 1.82) is 0 Å². The van der Waals surface area contributed by atoms with Gasteiger partial charge in [-0.05, 0) is 22.3 Å². The van der Waals surface area contributed by atoms with E-state index in [1.54, 1.807) is 0 Å². The van der Waals surface area contributed by atoms with E-state index in [9.17, 15) is 8.42 Å². The monoisotopic (exact) mass is 244 g/mol. The van der Waals surface area contributed by atoms with Gasteiger partial charge in [0.15, 0.2) is 9.84 Å². The van der Waals surface area contributed by atoms with Gasteiger partial charge in [-0.2, -0.15) is 0 Å². The molecule has 0 saturated heterocycles. The van der Waals surface area contributed by atoms with E-state index < -0.39 is 9.84 Å². The Morgan fingerprint density at radius 1 is 0.706 bits per heavy atom. The molecule has 0 radical (unpaired) electrons. The van der Waals surface area contributed by atoms with Gasteiger partial charge in [0.1, 0.15) is 0 Å². The van der Waals surface area contributed by atoms with Gasteiger partial charge in [-0.3, -0.25) is 0 Å². The molecular formula is C14H12O2S. The van der Waals surface area contributed by atoms with Crippen molar-refractivity contribution < 1.29 is 8.42 Å². The van der Waals surface area contributed by atoms with Gasteiger partial charge in [0.25, 0.3) is 0 Å². The molecule has 0 spiro atoms. The summed E-state index contributed by atoms with van der Waals surface area (Å²) in [5, 5.41) is 0. The molecule has 0 N–H and O–H groups in total. The predicted molar refractivity (Wildman–Crippen MR) is 68.2 cm³/mol. The maximum absolute atomic E-state index is 12.0. The SMILES string of the molecule is O=S1(=O)Cc2ccccc2-c2ccccc2C1. The zero-order valence-corrected chi connectivity index (χ0v) is 10.1. The highest BCUT2D eigenvalue weighted by Gasteiger charge is 2.22. The van der Waals surface area contributed by atoms with Gasteiger partial charge in [-0.25, -0.2) is 8.42 Å². The molecule has 0 atom stereocenters. The van der Waals surface area contributed by atoms with Gasteiger partial charge in [-0.15, -0.1) is 0 Å². The van der Waals surface area contributed by atoms with Crippen molar-refractivity contribution in [2.45, 2.75) is 11.5 Å². The molecule has 0 fully saturated rings. The Morgan fingerprint density at radius 3 is 1.59 bits per heavy atom. The Labute approximate surface area is 101 Å². The number of hydrogen-bond acceptors (Lipinski definition) is 2. The van der Waals surface area contributed by atoms with Gasteiger partial charge in [0.05, 0.1) is 11.5 Å². The molecule has 2 nitrogen and oxygen atoms in total. The fourth-order valence-electron chi connectivity index (χ4n) is 2.34. The first-order valence-electron chi connectivity index (χ1n) is 5.52. The molecule has 3 heteroatoms. The Bertz CT molecular complexity index is 619. The standard InChI is InChI=1S/C14H12O2S/c15-17(16)9-11-5-1-3-7-13(11)14-8-4-2-6-12(14)10-17/h1-8H,9-10H2. The number of benzene rings is 2. The molecule has 0 saturated carbocycles. The molecule has 86 valence electrons. The van der Waals surface area contributed by atoms with Gasteiger partial charge in [0, 0.05) is 0 Å². The van der Waals surface area contributed by atoms with Gasteiger partial charge in [-0.1, -0.05) is 48.5 Å². The van der Waals surface area contributed by atoms with Gasteiger partial charge < -0.3 is 0 Å². The molecule has 0 amide bonds. The van der Waals surface area contributed by atoms with Crippen molar-refractivity contribution in [2.24, 2.45) is 0 Å². The van der Waals surface area contributed by atoms with Crippen LogP contribution in [0.15, 0.2) is 48.5 Å². The molecule has 0 unspecified atom stereocenters. The summed E-state index contributed by atoms with van der Waals surface area (Å²) in [7, 11) is -3.05. The van der Waals surface area contributed by atoms with Crippen LogP contribution < -0.4 is 0 Å². The van der Waals surface area contributed by atoms with Crippen molar-refractivity contribution >= 4 is 9.84 Å². The van der Waals surface area contributed by atoms with Crippen molar-refractivity contribution in [3.8, 4) is 11.1 Å². The minimum absolute atomic E-state index is 0.137. The Kier molecular flexibility index (Phi) is 2.30. The molecule has 1 heterocycles. The minimum atomic E-state index is -3.05. The molecule has 1 aliphatic heterocycles. The van der Waals surface area contributed by atoms with E-state index in [1.807, 2.05) is 48.5 Å². The van der Waals surface area contributed by atoms with Crippen LogP contribution in [0.5, 0.6) is 0 Å². The average Bonchev–Trinajstić information content (AvgIpc) is 2.40. The second-order valence-electron chi connectivity index (χ2n) is 4.35. The first-order chi connectivity index (χ1) is 8.16. The quantitative estimate of drug-likeness (QED) is 0.714. The Balaban J connectivity index is 2.36. The van der Waals surface area contributed by atoms with Crippen LogP contribution in [-0.4, -0.2) is 8.42 Å². The molecular weight excluding hydrogens is 232 g/mol. The first kappa shape index (κ1) is 10.5. The van der Waals surface area contributed by atoms with Crippen LogP contribution in [0, 0.1) is 0 Å². The highest BCUT2D eigenvalue weighted by Crippen LogP contribution is 2.33. The summed E-state index contributed by atoms with van der Waals surface area (Å²) in [6.07, 6.45) is 0. The van der Waals surface area contributed by atoms with Gasteiger partial charge >= 0.3 is 0 Å². The maximum Gasteiger partial charge on any atom is 0.158 e. The van der Waals surface area contributed by atoms with Gasteiger partial charge in [0.2, 0.25) is 0 Å².